The maximum absolute atomic E-state index is 10.7. The molecule has 0 bridgehead atoms. The normalized spacial score (nSPS) is 22.1. The van der Waals surface area contributed by atoms with Gasteiger partial charge in [0, 0.05) is 25.2 Å². The quantitative estimate of drug-likeness (QED) is 0.668. The second-order valence-electron chi connectivity index (χ2n) is 5.31. The molecule has 0 amide bonds. The van der Waals surface area contributed by atoms with Crippen LogP contribution in [0.15, 0.2) is 24.3 Å². The summed E-state index contributed by atoms with van der Waals surface area (Å²) in [4.78, 5) is 12.6. The van der Waals surface area contributed by atoms with Crippen LogP contribution >= 0.6 is 0 Å². The molecule has 2 atom stereocenters. The zero-order valence-electron chi connectivity index (χ0n) is 11.2. The SMILES string of the molecule is CC(O)C1CCCN(Cc2cccc([N+](=O)[O-])c2)C1. The van der Waals surface area contributed by atoms with Gasteiger partial charge < -0.3 is 5.11 Å². The fourth-order valence-corrected chi connectivity index (χ4v) is 2.66. The van der Waals surface area contributed by atoms with E-state index >= 15 is 0 Å². The van der Waals surface area contributed by atoms with Crippen LogP contribution in [0, 0.1) is 16.0 Å². The van der Waals surface area contributed by atoms with Crippen molar-refractivity contribution >= 4 is 5.69 Å². The van der Waals surface area contributed by atoms with Crippen LogP contribution in [0.1, 0.15) is 25.3 Å². The molecule has 1 aromatic rings. The number of hydrogen-bond donors (Lipinski definition) is 1. The highest BCUT2D eigenvalue weighted by atomic mass is 16.6. The minimum absolute atomic E-state index is 0.140. The first-order valence-corrected chi connectivity index (χ1v) is 6.70. The number of piperidine rings is 1. The second-order valence-corrected chi connectivity index (χ2v) is 5.31. The van der Waals surface area contributed by atoms with Crippen molar-refractivity contribution in [2.45, 2.75) is 32.4 Å². The Morgan fingerprint density at radius 2 is 2.37 bits per heavy atom. The first-order chi connectivity index (χ1) is 9.06. The molecule has 1 N–H and O–H groups in total. The van der Waals surface area contributed by atoms with Crippen molar-refractivity contribution in [3.63, 3.8) is 0 Å². The van der Waals surface area contributed by atoms with Crippen LogP contribution in [0.4, 0.5) is 5.69 Å². The maximum atomic E-state index is 10.7. The lowest BCUT2D eigenvalue weighted by Gasteiger charge is -2.34. The monoisotopic (exact) mass is 264 g/mol. The van der Waals surface area contributed by atoms with Gasteiger partial charge >= 0.3 is 0 Å². The number of nitrogens with zero attached hydrogens (tertiary/aromatic N) is 2. The molecule has 5 nitrogen and oxygen atoms in total. The van der Waals surface area contributed by atoms with Gasteiger partial charge in [0.2, 0.25) is 0 Å². The standard InChI is InChI=1S/C14H20N2O3/c1-11(17)13-5-3-7-15(10-13)9-12-4-2-6-14(8-12)16(18)19/h2,4,6,8,11,13,17H,3,5,7,9-10H2,1H3. The smallest absolute Gasteiger partial charge is 0.269 e. The van der Waals surface area contributed by atoms with E-state index in [1.165, 1.54) is 6.07 Å². The fourth-order valence-electron chi connectivity index (χ4n) is 2.66. The number of benzene rings is 1. The second kappa shape index (κ2) is 6.12. The number of nitro groups is 1. The van der Waals surface area contributed by atoms with Crippen molar-refractivity contribution in [2.24, 2.45) is 5.92 Å². The van der Waals surface area contributed by atoms with E-state index in [9.17, 15) is 15.2 Å². The van der Waals surface area contributed by atoms with Crippen molar-refractivity contribution in [3.8, 4) is 0 Å². The predicted octanol–water partition coefficient (Wildman–Crippen LogP) is 2.19. The number of likely N-dealkylation sites (tertiary alicyclic amines) is 1. The van der Waals surface area contributed by atoms with Crippen LogP contribution in [0.5, 0.6) is 0 Å². The Hall–Kier alpha value is -1.46. The Morgan fingerprint density at radius 3 is 3.05 bits per heavy atom. The first-order valence-electron chi connectivity index (χ1n) is 6.70. The maximum Gasteiger partial charge on any atom is 0.269 e. The molecule has 0 radical (unpaired) electrons. The van der Waals surface area contributed by atoms with Crippen LogP contribution in [-0.4, -0.2) is 34.1 Å². The summed E-state index contributed by atoms with van der Waals surface area (Å²) in [5, 5.41) is 20.4. The molecule has 5 heteroatoms. The van der Waals surface area contributed by atoms with E-state index in [-0.39, 0.29) is 16.7 Å². The molecule has 2 unspecified atom stereocenters. The minimum Gasteiger partial charge on any atom is -0.393 e. The van der Waals surface area contributed by atoms with Crippen LogP contribution in [0.25, 0.3) is 0 Å². The van der Waals surface area contributed by atoms with Crippen LogP contribution in [0.2, 0.25) is 0 Å². The van der Waals surface area contributed by atoms with Crippen LogP contribution in [0.3, 0.4) is 0 Å². The highest BCUT2D eigenvalue weighted by Crippen LogP contribution is 2.22. The number of non-ortho nitro benzene ring substituents is 1. The molecule has 1 heterocycles. The van der Waals surface area contributed by atoms with Gasteiger partial charge in [-0.25, -0.2) is 0 Å². The van der Waals surface area contributed by atoms with Crippen molar-refractivity contribution in [3.05, 3.63) is 39.9 Å². The third kappa shape index (κ3) is 3.75. The molecule has 19 heavy (non-hydrogen) atoms. The summed E-state index contributed by atoms with van der Waals surface area (Å²) in [5.74, 6) is 0.312. The number of hydrogen-bond acceptors (Lipinski definition) is 4. The number of aliphatic hydroxyl groups excluding tert-OH is 1. The van der Waals surface area contributed by atoms with E-state index in [1.54, 1.807) is 12.1 Å². The molecule has 1 fully saturated rings. The zero-order valence-corrected chi connectivity index (χ0v) is 11.2. The summed E-state index contributed by atoms with van der Waals surface area (Å²) in [6, 6.07) is 6.78. The number of aliphatic hydroxyl groups is 1. The predicted molar refractivity (Wildman–Crippen MR) is 72.8 cm³/mol. The van der Waals surface area contributed by atoms with Crippen molar-refractivity contribution in [2.75, 3.05) is 13.1 Å². The summed E-state index contributed by atoms with van der Waals surface area (Å²) in [5.41, 5.74) is 1.10. The fraction of sp³-hybridized carbons (Fsp3) is 0.571. The molecular formula is C14H20N2O3. The van der Waals surface area contributed by atoms with Gasteiger partial charge in [0.25, 0.3) is 5.69 Å². The van der Waals surface area contributed by atoms with Crippen LogP contribution in [-0.2, 0) is 6.54 Å². The average Bonchev–Trinajstić information content (AvgIpc) is 2.39. The Morgan fingerprint density at radius 1 is 1.58 bits per heavy atom. The Labute approximate surface area is 113 Å². The largest absolute Gasteiger partial charge is 0.393 e. The van der Waals surface area contributed by atoms with E-state index in [1.807, 2.05) is 13.0 Å². The van der Waals surface area contributed by atoms with Gasteiger partial charge in [0.05, 0.1) is 11.0 Å². The summed E-state index contributed by atoms with van der Waals surface area (Å²) in [6.45, 7) is 4.40. The number of nitro benzene ring substituents is 1. The molecule has 1 aliphatic rings. The summed E-state index contributed by atoms with van der Waals surface area (Å²) in [6.07, 6.45) is 1.85. The molecule has 2 rings (SSSR count). The van der Waals surface area contributed by atoms with Gasteiger partial charge in [-0.15, -0.1) is 0 Å². The van der Waals surface area contributed by atoms with Crippen molar-refractivity contribution in [1.82, 2.24) is 4.90 Å². The summed E-state index contributed by atoms with van der Waals surface area (Å²) in [7, 11) is 0. The molecule has 1 aliphatic heterocycles. The van der Waals surface area contributed by atoms with Gasteiger partial charge in [-0.05, 0) is 37.8 Å². The third-order valence-electron chi connectivity index (χ3n) is 3.75. The van der Waals surface area contributed by atoms with E-state index in [4.69, 9.17) is 0 Å². The molecule has 0 aromatic heterocycles. The van der Waals surface area contributed by atoms with Gasteiger partial charge in [0.1, 0.15) is 0 Å². The van der Waals surface area contributed by atoms with Gasteiger partial charge in [-0.2, -0.15) is 0 Å². The van der Waals surface area contributed by atoms with Crippen molar-refractivity contribution in [1.29, 1.82) is 0 Å². The van der Waals surface area contributed by atoms with E-state index in [2.05, 4.69) is 4.90 Å². The van der Waals surface area contributed by atoms with E-state index < -0.39 is 0 Å². The van der Waals surface area contributed by atoms with Gasteiger partial charge in [-0.1, -0.05) is 12.1 Å². The zero-order chi connectivity index (χ0) is 13.8. The first kappa shape index (κ1) is 14.0. The lowest BCUT2D eigenvalue weighted by Crippen LogP contribution is -2.39. The summed E-state index contributed by atoms with van der Waals surface area (Å²) >= 11 is 0. The topological polar surface area (TPSA) is 66.6 Å². The molecular weight excluding hydrogens is 244 g/mol. The summed E-state index contributed by atoms with van der Waals surface area (Å²) < 4.78 is 0. The Kier molecular flexibility index (Phi) is 4.50. The van der Waals surface area contributed by atoms with Gasteiger partial charge in [0.15, 0.2) is 0 Å². The number of rotatable bonds is 4. The Bertz CT molecular complexity index is 448. The molecule has 0 spiro atoms. The van der Waals surface area contributed by atoms with E-state index in [0.29, 0.717) is 12.5 Å². The van der Waals surface area contributed by atoms with Gasteiger partial charge in [-0.3, -0.25) is 15.0 Å². The molecule has 0 aliphatic carbocycles. The average molecular weight is 264 g/mol. The highest BCUT2D eigenvalue weighted by molar-refractivity contribution is 5.34. The van der Waals surface area contributed by atoms with Crippen LogP contribution < -0.4 is 0 Å². The molecule has 1 aromatic carbocycles. The molecule has 1 saturated heterocycles. The lowest BCUT2D eigenvalue weighted by atomic mass is 9.93. The third-order valence-corrected chi connectivity index (χ3v) is 3.75. The van der Waals surface area contributed by atoms with Crippen molar-refractivity contribution < 1.29 is 10.0 Å². The van der Waals surface area contributed by atoms with E-state index in [0.717, 1.165) is 31.5 Å². The Balaban J connectivity index is 2.00. The highest BCUT2D eigenvalue weighted by Gasteiger charge is 2.23. The lowest BCUT2D eigenvalue weighted by molar-refractivity contribution is -0.384. The minimum atomic E-state index is -0.363. The molecule has 104 valence electrons. The molecule has 0 saturated carbocycles.